The molecular weight excluding hydrogens is 170 g/mol. The fourth-order valence-corrected chi connectivity index (χ4v) is 0.535. The zero-order valence-electron chi connectivity index (χ0n) is 9.04. The lowest BCUT2D eigenvalue weighted by molar-refractivity contribution is -0.141. The fraction of sp³-hybridized carbons (Fsp3) is 0.889. The maximum atomic E-state index is 10.6. The topological polar surface area (TPSA) is 49.8 Å². The summed E-state index contributed by atoms with van der Waals surface area (Å²) in [6, 6.07) is 0. The zero-order chi connectivity index (χ0) is 10.7. The number of carbonyl (C=O) groups excluding carboxylic acids is 1. The van der Waals surface area contributed by atoms with Crippen LogP contribution in [-0.4, -0.2) is 49.8 Å². The van der Waals surface area contributed by atoms with Crippen molar-refractivity contribution >= 4 is 5.97 Å². The molecule has 0 aliphatic rings. The average molecular weight is 191 g/mol. The van der Waals surface area contributed by atoms with Crippen molar-refractivity contribution in [3.05, 3.63) is 0 Å². The number of ether oxygens (including phenoxy) is 1. The van der Waals surface area contributed by atoms with Crippen molar-refractivity contribution in [2.45, 2.75) is 20.3 Å². The van der Waals surface area contributed by atoms with E-state index in [9.17, 15) is 4.79 Å². The van der Waals surface area contributed by atoms with Crippen molar-refractivity contribution in [1.82, 2.24) is 4.90 Å². The number of esters is 1. The first-order valence-corrected chi connectivity index (χ1v) is 4.48. The number of aliphatic hydroxyl groups excluding tert-OH is 1. The minimum atomic E-state index is -0.282. The molecule has 0 saturated carbocycles. The lowest BCUT2D eigenvalue weighted by atomic mass is 10.5. The first-order chi connectivity index (χ1) is 6.12. The van der Waals surface area contributed by atoms with Crippen molar-refractivity contribution in [2.75, 3.05) is 33.9 Å². The quantitative estimate of drug-likeness (QED) is 0.657. The number of hydrogen-bond acceptors (Lipinski definition) is 4. The molecule has 4 nitrogen and oxygen atoms in total. The Bertz CT molecular complexity index is 117. The molecule has 0 saturated heterocycles. The van der Waals surface area contributed by atoms with Crippen LogP contribution in [0, 0.1) is 0 Å². The summed E-state index contributed by atoms with van der Waals surface area (Å²) in [7, 11) is 3.09. The van der Waals surface area contributed by atoms with E-state index in [-0.39, 0.29) is 19.1 Å². The largest absolute Gasteiger partial charge is 0.468 e. The second kappa shape index (κ2) is 11.4. The lowest BCUT2D eigenvalue weighted by Crippen LogP contribution is -2.29. The van der Waals surface area contributed by atoms with Crippen molar-refractivity contribution < 1.29 is 14.6 Å². The first kappa shape index (κ1) is 14.9. The third-order valence-electron chi connectivity index (χ3n) is 1.11. The van der Waals surface area contributed by atoms with Gasteiger partial charge in [0, 0.05) is 6.54 Å². The highest BCUT2D eigenvalue weighted by atomic mass is 16.5. The van der Waals surface area contributed by atoms with E-state index in [2.05, 4.69) is 18.6 Å². The number of nitrogens with zero attached hydrogens (tertiary/aromatic N) is 1. The first-order valence-electron chi connectivity index (χ1n) is 4.48. The van der Waals surface area contributed by atoms with Gasteiger partial charge in [-0.3, -0.25) is 9.69 Å². The average Bonchev–Trinajstić information content (AvgIpc) is 2.06. The molecule has 0 aliphatic carbocycles. The Morgan fingerprint density at radius 2 is 1.92 bits per heavy atom. The van der Waals surface area contributed by atoms with Crippen LogP contribution < -0.4 is 0 Å². The van der Waals surface area contributed by atoms with E-state index in [1.54, 1.807) is 11.9 Å². The molecule has 0 aromatic rings. The zero-order valence-corrected chi connectivity index (χ0v) is 9.04. The van der Waals surface area contributed by atoms with Crippen molar-refractivity contribution in [3.63, 3.8) is 0 Å². The molecule has 0 fully saturated rings. The van der Waals surface area contributed by atoms with Crippen LogP contribution in [0.3, 0.4) is 0 Å². The molecule has 0 atom stereocenters. The molecule has 0 rings (SSSR count). The molecule has 1 N–H and O–H groups in total. The van der Waals surface area contributed by atoms with Gasteiger partial charge < -0.3 is 9.84 Å². The normalized spacial score (nSPS) is 9.08. The van der Waals surface area contributed by atoms with Gasteiger partial charge in [-0.2, -0.15) is 0 Å². The Labute approximate surface area is 80.5 Å². The van der Waals surface area contributed by atoms with Crippen molar-refractivity contribution in [3.8, 4) is 0 Å². The van der Waals surface area contributed by atoms with E-state index in [4.69, 9.17) is 5.11 Å². The van der Waals surface area contributed by atoms with Gasteiger partial charge in [-0.1, -0.05) is 20.3 Å². The Morgan fingerprint density at radius 3 is 2.23 bits per heavy atom. The van der Waals surface area contributed by atoms with Gasteiger partial charge in [0.1, 0.15) is 0 Å². The highest BCUT2D eigenvalue weighted by molar-refractivity contribution is 5.71. The van der Waals surface area contributed by atoms with Crippen LogP contribution >= 0.6 is 0 Å². The van der Waals surface area contributed by atoms with E-state index in [1.807, 2.05) is 0 Å². The van der Waals surface area contributed by atoms with Crippen LogP contribution in [0.25, 0.3) is 0 Å². The van der Waals surface area contributed by atoms with Crippen molar-refractivity contribution in [1.29, 1.82) is 0 Å². The third kappa shape index (κ3) is 14.3. The number of hydrogen-bond donors (Lipinski definition) is 1. The Balaban J connectivity index is 0. The van der Waals surface area contributed by atoms with Crippen LogP contribution in [0.5, 0.6) is 0 Å². The van der Waals surface area contributed by atoms with Gasteiger partial charge in [0.15, 0.2) is 0 Å². The van der Waals surface area contributed by atoms with Gasteiger partial charge in [0.25, 0.3) is 0 Å². The summed E-state index contributed by atoms with van der Waals surface area (Å²) >= 11 is 0. The molecule has 0 heterocycles. The van der Waals surface area contributed by atoms with E-state index < -0.39 is 0 Å². The summed E-state index contributed by atoms with van der Waals surface area (Å²) in [6.07, 6.45) is 1.25. The Morgan fingerprint density at radius 1 is 1.46 bits per heavy atom. The third-order valence-corrected chi connectivity index (χ3v) is 1.11. The van der Waals surface area contributed by atoms with E-state index in [0.717, 1.165) is 0 Å². The minimum absolute atomic E-state index is 0.0630. The molecule has 0 spiro atoms. The maximum absolute atomic E-state index is 10.6. The molecule has 80 valence electrons. The summed E-state index contributed by atoms with van der Waals surface area (Å²) in [4.78, 5) is 12.2. The van der Waals surface area contributed by atoms with Gasteiger partial charge in [-0.05, 0) is 7.05 Å². The van der Waals surface area contributed by atoms with Gasteiger partial charge in [0.2, 0.25) is 0 Å². The molecule has 0 aliphatic heterocycles. The number of carbonyl (C=O) groups is 1. The van der Waals surface area contributed by atoms with E-state index in [1.165, 1.54) is 13.5 Å². The van der Waals surface area contributed by atoms with Crippen LogP contribution in [-0.2, 0) is 9.53 Å². The molecule has 0 bridgehead atoms. The maximum Gasteiger partial charge on any atom is 0.319 e. The van der Waals surface area contributed by atoms with E-state index in [0.29, 0.717) is 6.54 Å². The Hall–Kier alpha value is -0.610. The highest BCUT2D eigenvalue weighted by Gasteiger charge is 2.03. The van der Waals surface area contributed by atoms with Gasteiger partial charge in [0.05, 0.1) is 20.3 Å². The second-order valence-electron chi connectivity index (χ2n) is 2.74. The monoisotopic (exact) mass is 191 g/mol. The Kier molecular flexibility index (Phi) is 13.0. The van der Waals surface area contributed by atoms with Gasteiger partial charge in [-0.15, -0.1) is 0 Å². The molecule has 0 radical (unpaired) electrons. The van der Waals surface area contributed by atoms with Gasteiger partial charge >= 0.3 is 5.97 Å². The number of aliphatic hydroxyl groups is 1. The number of likely N-dealkylation sites (N-methyl/N-ethyl adjacent to an activating group) is 1. The predicted octanol–water partition coefficient (Wildman–Crippen LogP) is 0.500. The highest BCUT2D eigenvalue weighted by Crippen LogP contribution is 1.82. The van der Waals surface area contributed by atoms with Crippen molar-refractivity contribution in [2.24, 2.45) is 0 Å². The van der Waals surface area contributed by atoms with Gasteiger partial charge in [-0.25, -0.2) is 0 Å². The summed E-state index contributed by atoms with van der Waals surface area (Å²) in [5, 5.41) is 8.43. The molecule has 0 amide bonds. The standard InChI is InChI=1S/C6H13NO3.C3H8/c1-7(3-4-8)5-6(9)10-2;1-3-2/h8H,3-5H2,1-2H3;3H2,1-2H3. The number of rotatable bonds is 4. The molecule has 4 heteroatoms. The van der Waals surface area contributed by atoms with Crippen LogP contribution in [0.1, 0.15) is 20.3 Å². The van der Waals surface area contributed by atoms with E-state index >= 15 is 0 Å². The molecule has 0 aromatic carbocycles. The fourth-order valence-electron chi connectivity index (χ4n) is 0.535. The van der Waals surface area contributed by atoms with Crippen LogP contribution in [0.15, 0.2) is 0 Å². The summed E-state index contributed by atoms with van der Waals surface area (Å²) in [6.45, 7) is 5.04. The molecule has 0 unspecified atom stereocenters. The lowest BCUT2D eigenvalue weighted by Gasteiger charge is -2.12. The molecule has 0 aromatic heterocycles. The second-order valence-corrected chi connectivity index (χ2v) is 2.74. The van der Waals surface area contributed by atoms with Crippen LogP contribution in [0.4, 0.5) is 0 Å². The summed E-state index contributed by atoms with van der Waals surface area (Å²) in [5.41, 5.74) is 0. The molecular formula is C9H21NO3. The summed E-state index contributed by atoms with van der Waals surface area (Å²) in [5.74, 6) is -0.282. The predicted molar refractivity (Wildman–Crippen MR) is 52.6 cm³/mol. The SMILES string of the molecule is CCC.COC(=O)CN(C)CCO. The molecule has 13 heavy (non-hydrogen) atoms. The number of methoxy groups -OCH3 is 1. The van der Waals surface area contributed by atoms with Crippen LogP contribution in [0.2, 0.25) is 0 Å². The smallest absolute Gasteiger partial charge is 0.319 e. The summed E-state index contributed by atoms with van der Waals surface area (Å²) < 4.78 is 4.40. The minimum Gasteiger partial charge on any atom is -0.468 e.